The average Bonchev–Trinajstić information content (AvgIpc) is 3.47. The summed E-state index contributed by atoms with van der Waals surface area (Å²) < 4.78 is 7.18. The summed E-state index contributed by atoms with van der Waals surface area (Å²) in [4.78, 5) is 26.9. The quantitative estimate of drug-likeness (QED) is 0.592. The van der Waals surface area contributed by atoms with Crippen LogP contribution in [0.2, 0.25) is 4.34 Å². The van der Waals surface area contributed by atoms with Crippen molar-refractivity contribution in [1.29, 1.82) is 0 Å². The molecule has 0 spiro atoms. The van der Waals surface area contributed by atoms with Crippen LogP contribution < -0.4 is 0 Å². The van der Waals surface area contributed by atoms with Crippen molar-refractivity contribution in [2.24, 2.45) is 5.92 Å². The van der Waals surface area contributed by atoms with Crippen LogP contribution in [0, 0.1) is 5.92 Å². The number of carboxylic acids is 1. The predicted octanol–water partition coefficient (Wildman–Crippen LogP) is 2.84. The zero-order valence-corrected chi connectivity index (χ0v) is 17.4. The van der Waals surface area contributed by atoms with Gasteiger partial charge >= 0.3 is 5.97 Å². The minimum atomic E-state index is -1.19. The molecule has 3 aromatic rings. The van der Waals surface area contributed by atoms with Crippen molar-refractivity contribution in [3.05, 3.63) is 45.7 Å². The zero-order valence-electron chi connectivity index (χ0n) is 15.8. The minimum Gasteiger partial charge on any atom is -0.477 e. The number of nitrogens with zero attached hydrogens (tertiary/aromatic N) is 4. The van der Waals surface area contributed by atoms with Crippen molar-refractivity contribution in [3.63, 3.8) is 0 Å². The third-order valence-electron chi connectivity index (χ3n) is 5.06. The fourth-order valence-electron chi connectivity index (χ4n) is 3.40. The number of carbonyl (C=O) groups is 2. The molecule has 1 aliphatic rings. The number of hydrogen-bond donors (Lipinski definition) is 2. The Labute approximate surface area is 180 Å². The molecule has 1 fully saturated rings. The maximum absolute atomic E-state index is 12.8. The van der Waals surface area contributed by atoms with Gasteiger partial charge in [0.15, 0.2) is 11.5 Å². The topological polar surface area (TPSA) is 122 Å². The first kappa shape index (κ1) is 20.6. The highest BCUT2D eigenvalue weighted by Crippen LogP contribution is 2.31. The molecule has 0 atom stereocenters. The van der Waals surface area contributed by atoms with Crippen LogP contribution in [0.4, 0.5) is 0 Å². The number of aliphatic hydroxyl groups excluding tert-OH is 1. The highest BCUT2D eigenvalue weighted by molar-refractivity contribution is 7.19. The molecular weight excluding hydrogens is 432 g/mol. The molecule has 0 radical (unpaired) electrons. The van der Waals surface area contributed by atoms with E-state index in [4.69, 9.17) is 16.1 Å². The fraction of sp³-hybridized carbons (Fsp3) is 0.368. The van der Waals surface area contributed by atoms with Crippen LogP contribution in [0.15, 0.2) is 28.8 Å². The van der Waals surface area contributed by atoms with E-state index >= 15 is 0 Å². The van der Waals surface area contributed by atoms with E-state index in [1.54, 1.807) is 17.0 Å². The Hall–Kier alpha value is -2.69. The maximum atomic E-state index is 12.8. The number of aromatic nitrogens is 3. The molecule has 3 aromatic heterocycles. The van der Waals surface area contributed by atoms with Crippen LogP contribution in [0.25, 0.3) is 10.6 Å². The number of aromatic carboxylic acids is 1. The van der Waals surface area contributed by atoms with Crippen molar-refractivity contribution < 1.29 is 24.3 Å². The second-order valence-electron chi connectivity index (χ2n) is 7.08. The Morgan fingerprint density at radius 1 is 1.27 bits per heavy atom. The Morgan fingerprint density at radius 3 is 2.67 bits per heavy atom. The lowest BCUT2D eigenvalue weighted by Crippen LogP contribution is -2.39. The van der Waals surface area contributed by atoms with E-state index in [9.17, 15) is 19.8 Å². The molecule has 4 rings (SSSR count). The largest absolute Gasteiger partial charge is 0.477 e. The molecule has 0 unspecified atom stereocenters. The second-order valence-corrected chi connectivity index (χ2v) is 8.80. The summed E-state index contributed by atoms with van der Waals surface area (Å²) in [5.74, 6) is -0.786. The van der Waals surface area contributed by atoms with Crippen LogP contribution in [0.1, 0.15) is 39.5 Å². The smallest absolute Gasteiger partial charge is 0.354 e. The third-order valence-corrected chi connectivity index (χ3v) is 6.31. The molecule has 1 amide bonds. The van der Waals surface area contributed by atoms with E-state index in [0.29, 0.717) is 41.7 Å². The van der Waals surface area contributed by atoms with Gasteiger partial charge in [-0.15, -0.1) is 11.3 Å². The number of hydrogen-bond acceptors (Lipinski definition) is 7. The zero-order chi connectivity index (χ0) is 21.3. The highest BCUT2D eigenvalue weighted by Gasteiger charge is 2.27. The van der Waals surface area contributed by atoms with Crippen molar-refractivity contribution in [2.75, 3.05) is 19.7 Å². The molecule has 4 heterocycles. The van der Waals surface area contributed by atoms with E-state index in [2.05, 4.69) is 10.3 Å². The van der Waals surface area contributed by atoms with E-state index in [-0.39, 0.29) is 36.4 Å². The molecule has 1 aliphatic heterocycles. The van der Waals surface area contributed by atoms with Gasteiger partial charge in [-0.1, -0.05) is 16.8 Å². The summed E-state index contributed by atoms with van der Waals surface area (Å²) in [6.07, 6.45) is 1.42. The van der Waals surface area contributed by atoms with Gasteiger partial charge in [-0.05, 0) is 30.9 Å². The Kier molecular flexibility index (Phi) is 5.89. The van der Waals surface area contributed by atoms with Gasteiger partial charge in [0, 0.05) is 31.8 Å². The number of rotatable bonds is 6. The summed E-state index contributed by atoms with van der Waals surface area (Å²) in [7, 11) is 0. The monoisotopic (exact) mass is 450 g/mol. The molecule has 0 aliphatic carbocycles. The van der Waals surface area contributed by atoms with E-state index < -0.39 is 5.97 Å². The van der Waals surface area contributed by atoms with Crippen molar-refractivity contribution in [2.45, 2.75) is 19.4 Å². The van der Waals surface area contributed by atoms with Gasteiger partial charge in [0.25, 0.3) is 5.91 Å². The van der Waals surface area contributed by atoms with Crippen LogP contribution in [0.5, 0.6) is 0 Å². The predicted molar refractivity (Wildman–Crippen MR) is 109 cm³/mol. The molecule has 30 heavy (non-hydrogen) atoms. The van der Waals surface area contributed by atoms with Gasteiger partial charge in [-0.25, -0.2) is 4.79 Å². The lowest BCUT2D eigenvalue weighted by atomic mass is 9.98. The average molecular weight is 451 g/mol. The van der Waals surface area contributed by atoms with E-state index in [1.165, 1.54) is 22.1 Å². The van der Waals surface area contributed by atoms with Crippen LogP contribution in [-0.2, 0) is 6.54 Å². The number of halogens is 1. The normalized spacial score (nSPS) is 14.9. The lowest BCUT2D eigenvalue weighted by Gasteiger charge is -2.30. The van der Waals surface area contributed by atoms with Gasteiger partial charge in [0.1, 0.15) is 11.4 Å². The molecule has 0 bridgehead atoms. The number of thiophene rings is 1. The van der Waals surface area contributed by atoms with Crippen LogP contribution in [-0.4, -0.2) is 61.6 Å². The van der Waals surface area contributed by atoms with Gasteiger partial charge < -0.3 is 19.6 Å². The molecular formula is C19H19ClN4O5S. The summed E-state index contributed by atoms with van der Waals surface area (Å²) in [6.45, 7) is 1.17. The van der Waals surface area contributed by atoms with Gasteiger partial charge in [0.05, 0.1) is 15.8 Å². The first-order valence-corrected chi connectivity index (χ1v) is 10.6. The van der Waals surface area contributed by atoms with E-state index in [1.807, 2.05) is 6.07 Å². The Morgan fingerprint density at radius 2 is 2.03 bits per heavy atom. The van der Waals surface area contributed by atoms with Crippen molar-refractivity contribution in [3.8, 4) is 10.6 Å². The molecule has 2 N–H and O–H groups in total. The molecule has 158 valence electrons. The van der Waals surface area contributed by atoms with Crippen LogP contribution in [0.3, 0.4) is 0 Å². The fourth-order valence-corrected chi connectivity index (χ4v) is 4.39. The van der Waals surface area contributed by atoms with Gasteiger partial charge in [-0.2, -0.15) is 5.10 Å². The third kappa shape index (κ3) is 4.25. The lowest BCUT2D eigenvalue weighted by molar-refractivity contribution is 0.0643. The number of likely N-dealkylation sites (tertiary alicyclic amines) is 1. The standard InChI is InChI=1S/C19H19ClN4O5S/c20-17-2-1-16(30-17)15-7-12(22-29-15)9-24-14(19(27)28)8-13(21-24)18(26)23-5-3-11(10-25)4-6-23/h1-2,7-8,11,25H,3-6,9-10H2,(H,27,28). The van der Waals surface area contributed by atoms with Crippen LogP contribution >= 0.6 is 22.9 Å². The summed E-state index contributed by atoms with van der Waals surface area (Å²) >= 11 is 7.29. The van der Waals surface area contributed by atoms with E-state index in [0.717, 1.165) is 4.88 Å². The molecule has 0 saturated carbocycles. The first-order valence-electron chi connectivity index (χ1n) is 9.37. The number of aliphatic hydroxyl groups is 1. The van der Waals surface area contributed by atoms with Crippen molar-refractivity contribution >= 4 is 34.8 Å². The summed E-state index contributed by atoms with van der Waals surface area (Å²) in [6, 6.07) is 6.53. The first-order chi connectivity index (χ1) is 14.4. The van der Waals surface area contributed by atoms with Gasteiger partial charge in [0.2, 0.25) is 0 Å². The summed E-state index contributed by atoms with van der Waals surface area (Å²) in [5, 5.41) is 27.0. The number of carboxylic acid groups (broad SMARTS) is 1. The van der Waals surface area contributed by atoms with Gasteiger partial charge in [-0.3, -0.25) is 9.48 Å². The number of amides is 1. The molecule has 11 heteroatoms. The molecule has 9 nitrogen and oxygen atoms in total. The minimum absolute atomic E-state index is 0.0457. The van der Waals surface area contributed by atoms with Crippen molar-refractivity contribution in [1.82, 2.24) is 19.8 Å². The SMILES string of the molecule is O=C(O)c1cc(C(=O)N2CCC(CO)CC2)nn1Cc1cc(-c2ccc(Cl)s2)on1. The Balaban J connectivity index is 1.52. The molecule has 0 aromatic carbocycles. The highest BCUT2D eigenvalue weighted by atomic mass is 35.5. The molecule has 1 saturated heterocycles. The maximum Gasteiger partial charge on any atom is 0.354 e. The Bertz CT molecular complexity index is 1070. The summed E-state index contributed by atoms with van der Waals surface area (Å²) in [5.41, 5.74) is 0.443. The second kappa shape index (κ2) is 8.58. The number of carbonyl (C=O) groups excluding carboxylic acids is 1. The number of piperidine rings is 1.